The summed E-state index contributed by atoms with van der Waals surface area (Å²) in [7, 11) is -0.377. The molecule has 6 rings (SSSR count). The van der Waals surface area contributed by atoms with Crippen LogP contribution in [0, 0.1) is 89.8 Å². The molecule has 0 heterocycles. The number of carbonyl (C=O) groups is 1. The summed E-state index contributed by atoms with van der Waals surface area (Å²) < 4.78 is 16.1. The molecular weight excluding hydrogens is 891 g/mol. The Balaban J connectivity index is 0.000000295. The standard InChI is InChI=1S/C35H35P2.C17H33N2O4Si2.Fe/c1-25-15-12-16-26(2)34(25)36(35-27(3)17-13-18-28(35)4)29(5)32-23-14-24-33(32)37(30-19-8-6-9-20-30)31-21-10-7-11-22-31;1-21-25(22-2,23-3)15-9-13-19-17(20)18-12-8-14-24(4,5)16-10-6-7-11-16;/h6-24,29H,1-5H3;6-7,10-11H,8-9,12-15H2,1-5H3,(H2,18,19,20);/q;;+2/t29-;;/m1../s1. The molecule has 10 radical (unpaired) electrons. The first-order chi connectivity index (χ1) is 29.9. The van der Waals surface area contributed by atoms with E-state index >= 15 is 0 Å². The summed E-state index contributed by atoms with van der Waals surface area (Å²) in [5.41, 5.74) is 8.98. The maximum Gasteiger partial charge on any atom is 2.00 e. The molecule has 2 fully saturated rings. The number of benzene rings is 4. The molecule has 6 nitrogen and oxygen atoms in total. The van der Waals surface area contributed by atoms with Crippen LogP contribution in [0.15, 0.2) is 97.1 Å². The van der Waals surface area contributed by atoms with Gasteiger partial charge in [-0.2, -0.15) is 0 Å². The molecule has 0 aromatic heterocycles. The van der Waals surface area contributed by atoms with Crippen LogP contribution in [0.5, 0.6) is 0 Å². The van der Waals surface area contributed by atoms with Gasteiger partial charge in [-0.1, -0.05) is 123 Å². The van der Waals surface area contributed by atoms with Crippen molar-refractivity contribution in [3.05, 3.63) is 181 Å². The molecule has 11 heteroatoms. The van der Waals surface area contributed by atoms with Crippen molar-refractivity contribution in [1.82, 2.24) is 10.6 Å². The predicted molar refractivity (Wildman–Crippen MR) is 271 cm³/mol. The monoisotopic (exact) mass is 958 g/mol. The maximum atomic E-state index is 11.8. The number of aryl methyl sites for hydroxylation is 4. The van der Waals surface area contributed by atoms with Gasteiger partial charge in [0.1, 0.15) is 0 Å². The fourth-order valence-electron chi connectivity index (χ4n) is 8.40. The zero-order chi connectivity index (χ0) is 44.7. The molecule has 2 aliphatic carbocycles. The third-order valence-electron chi connectivity index (χ3n) is 11.9. The first kappa shape index (κ1) is 53.5. The Morgan fingerprint density at radius 2 is 1.05 bits per heavy atom. The van der Waals surface area contributed by atoms with E-state index in [0.29, 0.717) is 24.8 Å². The van der Waals surface area contributed by atoms with Crippen LogP contribution in [0.2, 0.25) is 25.2 Å². The van der Waals surface area contributed by atoms with Crippen molar-refractivity contribution in [2.24, 2.45) is 0 Å². The van der Waals surface area contributed by atoms with Crippen molar-refractivity contribution in [3.63, 3.8) is 0 Å². The van der Waals surface area contributed by atoms with E-state index in [1.165, 1.54) is 56.0 Å². The molecule has 2 amide bonds. The number of urea groups is 1. The summed E-state index contributed by atoms with van der Waals surface area (Å²) in [6.07, 6.45) is 17.5. The minimum atomic E-state index is -2.54. The number of hydrogen-bond acceptors (Lipinski definition) is 4. The SMILES string of the molecule is CO[Si](CCCNC(=O)NCCC[Si](C)(C)[C]1[CH][CH][CH][CH]1)(OC)OC.Cc1cccc(C)c1P(c1c(C)cccc1C)[C@H](C)[C]1[CH][CH][CH][C]1P(c1ccccc1)c1ccccc1.[Fe+2]. The predicted octanol–water partition coefficient (Wildman–Crippen LogP) is 10.2. The van der Waals surface area contributed by atoms with Crippen molar-refractivity contribution >= 4 is 60.0 Å². The van der Waals surface area contributed by atoms with Crippen molar-refractivity contribution < 1.29 is 35.1 Å². The van der Waals surface area contributed by atoms with E-state index in [-0.39, 0.29) is 23.1 Å². The molecule has 2 aliphatic rings. The molecule has 63 heavy (non-hydrogen) atoms. The summed E-state index contributed by atoms with van der Waals surface area (Å²) in [6, 6.07) is 37.5. The van der Waals surface area contributed by atoms with Crippen molar-refractivity contribution in [3.8, 4) is 0 Å². The first-order valence-corrected chi connectivity index (χ1v) is 29.7. The second-order valence-corrected chi connectivity index (χ2v) is 29.2. The van der Waals surface area contributed by atoms with Crippen molar-refractivity contribution in [1.29, 1.82) is 0 Å². The van der Waals surface area contributed by atoms with Gasteiger partial charge in [-0.15, -0.1) is 0 Å². The van der Waals surface area contributed by atoms with Gasteiger partial charge in [0.05, 0.1) is 8.07 Å². The molecule has 4 aromatic rings. The third kappa shape index (κ3) is 14.4. The van der Waals surface area contributed by atoms with Gasteiger partial charge in [-0.3, -0.25) is 0 Å². The molecule has 0 saturated heterocycles. The second-order valence-electron chi connectivity index (χ2n) is 16.6. The van der Waals surface area contributed by atoms with Crippen molar-refractivity contribution in [2.75, 3.05) is 34.4 Å². The Bertz CT molecular complexity index is 1830. The van der Waals surface area contributed by atoms with E-state index in [9.17, 15) is 4.79 Å². The number of nitrogens with one attached hydrogen (secondary N) is 2. The van der Waals surface area contributed by atoms with Gasteiger partial charge in [0, 0.05) is 46.1 Å². The first-order valence-electron chi connectivity index (χ1n) is 21.8. The summed E-state index contributed by atoms with van der Waals surface area (Å²) >= 11 is 0. The van der Waals surface area contributed by atoms with Crippen LogP contribution in [0.1, 0.15) is 42.0 Å². The van der Waals surface area contributed by atoms with Crippen LogP contribution in [0.4, 0.5) is 4.79 Å². The summed E-state index contributed by atoms with van der Waals surface area (Å²) in [4.78, 5) is 11.8. The number of hydrogen-bond donors (Lipinski definition) is 2. The van der Waals surface area contributed by atoms with Crippen LogP contribution < -0.4 is 31.9 Å². The Kier molecular flexibility index (Phi) is 22.3. The molecule has 0 spiro atoms. The Labute approximate surface area is 397 Å². The van der Waals surface area contributed by atoms with E-state index in [2.05, 4.69) is 200 Å². The zero-order valence-electron chi connectivity index (χ0n) is 39.0. The van der Waals surface area contributed by atoms with Gasteiger partial charge in [-0.25, -0.2) is 4.79 Å². The minimum Gasteiger partial charge on any atom is -0.377 e. The van der Waals surface area contributed by atoms with Gasteiger partial charge in [0.2, 0.25) is 0 Å². The maximum absolute atomic E-state index is 11.8. The zero-order valence-corrected chi connectivity index (χ0v) is 43.9. The normalized spacial score (nSPS) is 15.6. The number of carbonyl (C=O) groups excluding carboxylic acids is 1. The average Bonchev–Trinajstić information content (AvgIpc) is 4.01. The molecule has 2 N–H and O–H groups in total. The second kappa shape index (κ2) is 26.3. The van der Waals surface area contributed by atoms with Gasteiger partial charge < -0.3 is 23.9 Å². The molecule has 0 aliphatic heterocycles. The molecule has 2 saturated carbocycles. The Morgan fingerprint density at radius 1 is 0.603 bits per heavy atom. The van der Waals surface area contributed by atoms with Crippen LogP contribution in [-0.2, 0) is 30.3 Å². The quantitative estimate of drug-likeness (QED) is 0.0558. The van der Waals surface area contributed by atoms with Gasteiger partial charge >= 0.3 is 31.9 Å². The average molecular weight is 959 g/mol. The van der Waals surface area contributed by atoms with Gasteiger partial charge in [-0.05, 0) is 162 Å². The van der Waals surface area contributed by atoms with Crippen LogP contribution >= 0.6 is 15.8 Å². The van der Waals surface area contributed by atoms with Crippen molar-refractivity contribution in [2.45, 2.75) is 78.3 Å². The van der Waals surface area contributed by atoms with E-state index < -0.39 is 32.7 Å². The van der Waals surface area contributed by atoms with E-state index in [4.69, 9.17) is 13.3 Å². The molecule has 0 bridgehead atoms. The van der Waals surface area contributed by atoms with E-state index in [1.807, 2.05) is 0 Å². The summed E-state index contributed by atoms with van der Waals surface area (Å²) in [5, 5.41) is 11.7. The topological polar surface area (TPSA) is 68.8 Å². The molecular formula is C52H68FeN2O4P2Si2+2. The third-order valence-corrected chi connectivity index (χ3v) is 24.2. The van der Waals surface area contributed by atoms with E-state index in [1.54, 1.807) is 31.9 Å². The fraction of sp³-hybridized carbons (Fsp3) is 0.327. The van der Waals surface area contributed by atoms with Crippen LogP contribution in [0.3, 0.4) is 0 Å². The van der Waals surface area contributed by atoms with E-state index in [0.717, 1.165) is 12.8 Å². The smallest absolute Gasteiger partial charge is 0.377 e. The Morgan fingerprint density at radius 3 is 1.49 bits per heavy atom. The molecule has 4 aromatic carbocycles. The Hall–Kier alpha value is -2.16. The van der Waals surface area contributed by atoms with Gasteiger partial charge in [0.15, 0.2) is 0 Å². The molecule has 0 unspecified atom stereocenters. The molecule has 334 valence electrons. The number of rotatable bonds is 19. The van der Waals surface area contributed by atoms with Gasteiger partial charge in [0.25, 0.3) is 0 Å². The largest absolute Gasteiger partial charge is 2.00 e. The summed E-state index contributed by atoms with van der Waals surface area (Å²) in [6.45, 7) is 17.7. The molecule has 1 atom stereocenters. The minimum absolute atomic E-state index is 0. The van der Waals surface area contributed by atoms with Crippen LogP contribution in [0.25, 0.3) is 0 Å². The number of amides is 2. The van der Waals surface area contributed by atoms with Crippen LogP contribution in [-0.4, -0.2) is 63.0 Å². The fourth-order valence-corrected chi connectivity index (χ4v) is 18.5. The summed E-state index contributed by atoms with van der Waals surface area (Å²) in [5.74, 6) is 1.50.